The first kappa shape index (κ1) is 15.5. The van der Waals surface area contributed by atoms with Crippen molar-refractivity contribution in [3.63, 3.8) is 0 Å². The Bertz CT molecular complexity index is 643. The van der Waals surface area contributed by atoms with E-state index in [9.17, 15) is 4.79 Å². The molecule has 1 aromatic heterocycles. The third-order valence-corrected chi connectivity index (χ3v) is 4.05. The van der Waals surface area contributed by atoms with Gasteiger partial charge in [-0.25, -0.2) is 0 Å². The van der Waals surface area contributed by atoms with Crippen molar-refractivity contribution in [2.75, 3.05) is 24.5 Å². The van der Waals surface area contributed by atoms with Gasteiger partial charge in [-0.1, -0.05) is 18.0 Å². The number of carbonyl (C=O) groups excluding carboxylic acids is 1. The van der Waals surface area contributed by atoms with Crippen molar-refractivity contribution in [3.8, 4) is 11.4 Å². The fourth-order valence-corrected chi connectivity index (χ4v) is 2.82. The fourth-order valence-electron chi connectivity index (χ4n) is 2.82. The Labute approximate surface area is 135 Å². The molecule has 0 saturated carbocycles. The van der Waals surface area contributed by atoms with Crippen LogP contribution < -0.4 is 10.2 Å². The van der Waals surface area contributed by atoms with Crippen molar-refractivity contribution < 1.29 is 9.32 Å². The van der Waals surface area contributed by atoms with Crippen molar-refractivity contribution in [3.05, 3.63) is 30.2 Å². The molecule has 1 saturated heterocycles. The van der Waals surface area contributed by atoms with Crippen LogP contribution >= 0.6 is 0 Å². The maximum Gasteiger partial charge on any atom is 0.316 e. The smallest absolute Gasteiger partial charge is 0.316 e. The molecule has 0 aliphatic carbocycles. The molecule has 6 nitrogen and oxygen atoms in total. The molecular weight excluding hydrogens is 292 g/mol. The van der Waals surface area contributed by atoms with Crippen molar-refractivity contribution in [2.24, 2.45) is 0 Å². The molecule has 1 amide bonds. The van der Waals surface area contributed by atoms with Gasteiger partial charge in [0.05, 0.1) is 0 Å². The maximum atomic E-state index is 11.7. The summed E-state index contributed by atoms with van der Waals surface area (Å²) in [7, 11) is 0. The number of benzene rings is 1. The quantitative estimate of drug-likeness (QED) is 0.939. The molecule has 2 aromatic rings. The summed E-state index contributed by atoms with van der Waals surface area (Å²) in [4.78, 5) is 18.2. The second-order valence-electron chi connectivity index (χ2n) is 5.73. The topological polar surface area (TPSA) is 71.3 Å². The second-order valence-corrected chi connectivity index (χ2v) is 5.73. The number of hydrogen-bond acceptors (Lipinski definition) is 5. The first-order chi connectivity index (χ1) is 11.3. The minimum atomic E-state index is -0.340. The Balaban J connectivity index is 1.73. The Kier molecular flexibility index (Phi) is 4.90. The Morgan fingerprint density at radius 1 is 1.17 bits per heavy atom. The van der Waals surface area contributed by atoms with E-state index in [0.29, 0.717) is 12.4 Å². The summed E-state index contributed by atoms with van der Waals surface area (Å²) in [6, 6.07) is 8.13. The van der Waals surface area contributed by atoms with E-state index < -0.39 is 0 Å². The summed E-state index contributed by atoms with van der Waals surface area (Å²) in [5.41, 5.74) is 2.07. The number of amides is 1. The van der Waals surface area contributed by atoms with E-state index in [0.717, 1.165) is 18.7 Å². The van der Waals surface area contributed by atoms with Crippen LogP contribution in [0.2, 0.25) is 0 Å². The lowest BCUT2D eigenvalue weighted by Crippen LogP contribution is -2.23. The third-order valence-electron chi connectivity index (χ3n) is 4.05. The normalized spacial score (nSPS) is 15.3. The van der Waals surface area contributed by atoms with Crippen LogP contribution in [0.15, 0.2) is 28.8 Å². The van der Waals surface area contributed by atoms with E-state index in [-0.39, 0.29) is 11.8 Å². The Hall–Kier alpha value is -2.37. The van der Waals surface area contributed by atoms with Gasteiger partial charge in [0.15, 0.2) is 0 Å². The summed E-state index contributed by atoms with van der Waals surface area (Å²) in [5.74, 6) is 0.0968. The van der Waals surface area contributed by atoms with Gasteiger partial charge in [0, 0.05) is 30.9 Å². The van der Waals surface area contributed by atoms with E-state index in [1.807, 2.05) is 19.1 Å². The minimum Gasteiger partial charge on any atom is -0.372 e. The van der Waals surface area contributed by atoms with Crippen LogP contribution in [-0.4, -0.2) is 35.7 Å². The molecule has 6 heteroatoms. The first-order valence-corrected chi connectivity index (χ1v) is 8.25. The highest BCUT2D eigenvalue weighted by molar-refractivity contribution is 5.89. The number of carbonyl (C=O) groups is 1. The molecule has 0 bridgehead atoms. The minimum absolute atomic E-state index is 0.00144. The van der Waals surface area contributed by atoms with Gasteiger partial charge >= 0.3 is 11.8 Å². The Morgan fingerprint density at radius 3 is 2.52 bits per heavy atom. The molecule has 0 spiro atoms. The van der Waals surface area contributed by atoms with Crippen LogP contribution in [-0.2, 0) is 0 Å². The zero-order valence-electron chi connectivity index (χ0n) is 13.4. The monoisotopic (exact) mass is 314 g/mol. The summed E-state index contributed by atoms with van der Waals surface area (Å²) in [6.45, 7) is 4.60. The highest BCUT2D eigenvalue weighted by atomic mass is 16.5. The molecular formula is C17H22N4O2. The maximum absolute atomic E-state index is 11.7. The van der Waals surface area contributed by atoms with Crippen LogP contribution in [0.3, 0.4) is 0 Å². The lowest BCUT2D eigenvalue weighted by atomic mass is 10.2. The Morgan fingerprint density at radius 2 is 1.87 bits per heavy atom. The van der Waals surface area contributed by atoms with E-state index in [2.05, 4.69) is 32.5 Å². The standard InChI is InChI=1S/C17H22N4O2/c1-2-18-16(22)17-19-15(20-23-17)13-7-9-14(10-8-13)21-11-5-3-4-6-12-21/h7-10H,2-6,11-12H2,1H3,(H,18,22). The number of anilines is 1. The second kappa shape index (κ2) is 7.26. The fraction of sp³-hybridized carbons (Fsp3) is 0.471. The van der Waals surface area contributed by atoms with Gasteiger partial charge in [0.1, 0.15) is 0 Å². The van der Waals surface area contributed by atoms with Crippen LogP contribution in [0.5, 0.6) is 0 Å². The molecule has 0 atom stereocenters. The average Bonchev–Trinajstić information content (AvgIpc) is 2.91. The molecule has 1 fully saturated rings. The molecule has 1 aliphatic rings. The molecule has 1 aliphatic heterocycles. The number of hydrogen-bond donors (Lipinski definition) is 1. The predicted molar refractivity (Wildman–Crippen MR) is 88.4 cm³/mol. The van der Waals surface area contributed by atoms with Crippen LogP contribution in [0, 0.1) is 0 Å². The number of nitrogens with zero attached hydrogens (tertiary/aromatic N) is 3. The zero-order valence-corrected chi connectivity index (χ0v) is 13.4. The van der Waals surface area contributed by atoms with Crippen LogP contribution in [0.25, 0.3) is 11.4 Å². The zero-order chi connectivity index (χ0) is 16.1. The van der Waals surface area contributed by atoms with Crippen molar-refractivity contribution in [1.82, 2.24) is 15.5 Å². The third kappa shape index (κ3) is 3.70. The average molecular weight is 314 g/mol. The largest absolute Gasteiger partial charge is 0.372 e. The van der Waals surface area contributed by atoms with Crippen LogP contribution in [0.4, 0.5) is 5.69 Å². The molecule has 1 aromatic carbocycles. The molecule has 1 N–H and O–H groups in total. The van der Waals surface area contributed by atoms with Gasteiger partial charge in [-0.3, -0.25) is 4.79 Å². The van der Waals surface area contributed by atoms with Crippen molar-refractivity contribution in [1.29, 1.82) is 0 Å². The van der Waals surface area contributed by atoms with Gasteiger partial charge < -0.3 is 14.7 Å². The van der Waals surface area contributed by atoms with Crippen molar-refractivity contribution >= 4 is 11.6 Å². The summed E-state index contributed by atoms with van der Waals surface area (Å²) < 4.78 is 5.01. The lowest BCUT2D eigenvalue weighted by molar-refractivity contribution is 0.0912. The van der Waals surface area contributed by atoms with Gasteiger partial charge in [-0.05, 0) is 44.0 Å². The predicted octanol–water partition coefficient (Wildman–Crippen LogP) is 2.87. The number of aromatic nitrogens is 2. The first-order valence-electron chi connectivity index (χ1n) is 8.25. The highest BCUT2D eigenvalue weighted by Crippen LogP contribution is 2.23. The summed E-state index contributed by atoms with van der Waals surface area (Å²) >= 11 is 0. The summed E-state index contributed by atoms with van der Waals surface area (Å²) in [6.07, 6.45) is 5.14. The van der Waals surface area contributed by atoms with E-state index in [4.69, 9.17) is 4.52 Å². The molecule has 23 heavy (non-hydrogen) atoms. The molecule has 0 radical (unpaired) electrons. The van der Waals surface area contributed by atoms with E-state index >= 15 is 0 Å². The molecule has 2 heterocycles. The number of rotatable bonds is 4. The van der Waals surface area contributed by atoms with E-state index in [1.165, 1.54) is 31.4 Å². The lowest BCUT2D eigenvalue weighted by Gasteiger charge is -2.22. The molecule has 3 rings (SSSR count). The van der Waals surface area contributed by atoms with Crippen molar-refractivity contribution in [2.45, 2.75) is 32.6 Å². The SMILES string of the molecule is CCNC(=O)c1nc(-c2ccc(N3CCCCCC3)cc2)no1. The van der Waals surface area contributed by atoms with Gasteiger partial charge in [0.25, 0.3) is 0 Å². The molecule has 0 unspecified atom stereocenters. The number of nitrogens with one attached hydrogen (secondary N) is 1. The van der Waals surface area contributed by atoms with Crippen LogP contribution in [0.1, 0.15) is 43.3 Å². The summed E-state index contributed by atoms with van der Waals surface area (Å²) in [5, 5.41) is 6.53. The highest BCUT2D eigenvalue weighted by Gasteiger charge is 2.16. The van der Waals surface area contributed by atoms with E-state index in [1.54, 1.807) is 0 Å². The van der Waals surface area contributed by atoms with Gasteiger partial charge in [-0.15, -0.1) is 0 Å². The van der Waals surface area contributed by atoms with Gasteiger partial charge in [-0.2, -0.15) is 4.98 Å². The van der Waals surface area contributed by atoms with Gasteiger partial charge in [0.2, 0.25) is 5.82 Å². The molecule has 122 valence electrons.